The van der Waals surface area contributed by atoms with E-state index in [0.29, 0.717) is 16.9 Å². The van der Waals surface area contributed by atoms with Crippen molar-refractivity contribution in [3.8, 4) is 18.1 Å². The van der Waals surface area contributed by atoms with E-state index in [2.05, 4.69) is 26.7 Å². The van der Waals surface area contributed by atoms with Gasteiger partial charge < -0.3 is 9.84 Å². The van der Waals surface area contributed by atoms with Crippen molar-refractivity contribution in [2.24, 2.45) is 0 Å². The number of rotatable bonds is 5. The zero-order chi connectivity index (χ0) is 18.4. The van der Waals surface area contributed by atoms with Crippen LogP contribution in [0, 0.1) is 12.3 Å². The quantitative estimate of drug-likeness (QED) is 0.370. The molecule has 3 nitrogen and oxygen atoms in total. The van der Waals surface area contributed by atoms with Crippen LogP contribution in [0.15, 0.2) is 54.6 Å². The highest BCUT2D eigenvalue weighted by molar-refractivity contribution is 6.07. The molecule has 128 valence electrons. The number of carbonyl (C=O) groups excluding carboxylic acids is 1. The monoisotopic (exact) mass is 334 g/mol. The molecule has 25 heavy (non-hydrogen) atoms. The van der Waals surface area contributed by atoms with Crippen LogP contribution in [0.4, 0.5) is 0 Å². The zero-order valence-electron chi connectivity index (χ0n) is 14.7. The standard InChI is InChI=1S/C22H22O3/c1-5-14-25-19-12-8-17(9-13-19)21(24)15-20(23)16-6-10-18(11-7-16)22(2,3)4/h1,6-13,15,24H,14H2,2-4H3. The summed E-state index contributed by atoms with van der Waals surface area (Å²) in [5.74, 6) is 2.66. The molecule has 0 saturated carbocycles. The number of hydrogen-bond donors (Lipinski definition) is 1. The highest BCUT2D eigenvalue weighted by atomic mass is 16.5. The van der Waals surface area contributed by atoms with Crippen LogP contribution in [-0.4, -0.2) is 17.5 Å². The van der Waals surface area contributed by atoms with Gasteiger partial charge in [-0.15, -0.1) is 6.42 Å². The Bertz CT molecular complexity index is 798. The summed E-state index contributed by atoms with van der Waals surface area (Å²) >= 11 is 0. The van der Waals surface area contributed by atoms with E-state index in [1.54, 1.807) is 36.4 Å². The molecular weight excluding hydrogens is 312 g/mol. The van der Waals surface area contributed by atoms with Crippen LogP contribution in [-0.2, 0) is 5.41 Å². The minimum atomic E-state index is -0.245. The van der Waals surface area contributed by atoms with E-state index in [9.17, 15) is 9.90 Å². The molecule has 0 aromatic heterocycles. The van der Waals surface area contributed by atoms with Crippen LogP contribution in [0.1, 0.15) is 42.3 Å². The minimum Gasteiger partial charge on any atom is -0.507 e. The lowest BCUT2D eigenvalue weighted by Crippen LogP contribution is -2.11. The fourth-order valence-electron chi connectivity index (χ4n) is 2.27. The van der Waals surface area contributed by atoms with E-state index in [4.69, 9.17) is 11.2 Å². The zero-order valence-corrected chi connectivity index (χ0v) is 14.7. The third kappa shape index (κ3) is 4.99. The Labute approximate surface area is 149 Å². The predicted octanol–water partition coefficient (Wildman–Crippen LogP) is 4.78. The van der Waals surface area contributed by atoms with E-state index < -0.39 is 0 Å². The number of carbonyl (C=O) groups is 1. The van der Waals surface area contributed by atoms with Gasteiger partial charge in [0.2, 0.25) is 0 Å². The second kappa shape index (κ2) is 7.72. The summed E-state index contributed by atoms with van der Waals surface area (Å²) in [4.78, 5) is 12.3. The predicted molar refractivity (Wildman–Crippen MR) is 101 cm³/mol. The minimum absolute atomic E-state index is 0.0305. The molecule has 0 aliphatic rings. The maximum absolute atomic E-state index is 12.3. The molecule has 2 aromatic rings. The molecule has 0 unspecified atom stereocenters. The van der Waals surface area contributed by atoms with Crippen molar-refractivity contribution in [1.29, 1.82) is 0 Å². The van der Waals surface area contributed by atoms with Crippen molar-refractivity contribution in [2.75, 3.05) is 6.61 Å². The summed E-state index contributed by atoms with van der Waals surface area (Å²) in [6.45, 7) is 6.54. The summed E-state index contributed by atoms with van der Waals surface area (Å²) in [5, 5.41) is 10.2. The summed E-state index contributed by atoms with van der Waals surface area (Å²) in [5.41, 5.74) is 2.25. The van der Waals surface area contributed by atoms with E-state index in [0.717, 1.165) is 5.56 Å². The molecular formula is C22H22O3. The van der Waals surface area contributed by atoms with Crippen molar-refractivity contribution in [3.05, 3.63) is 71.3 Å². The van der Waals surface area contributed by atoms with E-state index in [1.165, 1.54) is 6.08 Å². The molecule has 1 N–H and O–H groups in total. The maximum Gasteiger partial charge on any atom is 0.189 e. The lowest BCUT2D eigenvalue weighted by Gasteiger charge is -2.18. The van der Waals surface area contributed by atoms with E-state index in [-0.39, 0.29) is 23.6 Å². The van der Waals surface area contributed by atoms with Crippen molar-refractivity contribution in [1.82, 2.24) is 0 Å². The maximum atomic E-state index is 12.3. The van der Waals surface area contributed by atoms with Gasteiger partial charge in [0.05, 0.1) is 0 Å². The topological polar surface area (TPSA) is 46.5 Å². The van der Waals surface area contributed by atoms with Crippen molar-refractivity contribution >= 4 is 11.5 Å². The van der Waals surface area contributed by atoms with Crippen molar-refractivity contribution in [2.45, 2.75) is 26.2 Å². The largest absolute Gasteiger partial charge is 0.507 e. The Balaban J connectivity index is 2.13. The molecule has 0 saturated heterocycles. The third-order valence-corrected chi connectivity index (χ3v) is 3.78. The van der Waals surface area contributed by atoms with Gasteiger partial charge in [-0.3, -0.25) is 4.79 Å². The highest BCUT2D eigenvalue weighted by Crippen LogP contribution is 2.23. The number of benzene rings is 2. The number of hydrogen-bond acceptors (Lipinski definition) is 3. The second-order valence-electron chi connectivity index (χ2n) is 6.74. The van der Waals surface area contributed by atoms with Crippen LogP contribution in [0.3, 0.4) is 0 Å². The average Bonchev–Trinajstić information content (AvgIpc) is 2.59. The Morgan fingerprint density at radius 1 is 1.08 bits per heavy atom. The summed E-state index contributed by atoms with van der Waals surface area (Å²) in [6.07, 6.45) is 6.36. The molecule has 0 atom stereocenters. The molecule has 3 heteroatoms. The van der Waals surface area contributed by atoms with Gasteiger partial charge in [-0.25, -0.2) is 0 Å². The van der Waals surface area contributed by atoms with Crippen LogP contribution >= 0.6 is 0 Å². The normalized spacial score (nSPS) is 11.7. The number of aliphatic hydroxyl groups excluding tert-OH is 1. The van der Waals surface area contributed by atoms with Crippen LogP contribution in [0.5, 0.6) is 5.75 Å². The first-order valence-electron chi connectivity index (χ1n) is 8.03. The Morgan fingerprint density at radius 3 is 2.16 bits per heavy atom. The third-order valence-electron chi connectivity index (χ3n) is 3.78. The fourth-order valence-corrected chi connectivity index (χ4v) is 2.27. The molecule has 0 fully saturated rings. The highest BCUT2D eigenvalue weighted by Gasteiger charge is 2.14. The first-order chi connectivity index (χ1) is 11.8. The average molecular weight is 334 g/mol. The Hall–Kier alpha value is -2.99. The number of terminal acetylenes is 1. The van der Waals surface area contributed by atoms with Gasteiger partial charge >= 0.3 is 0 Å². The van der Waals surface area contributed by atoms with Gasteiger partial charge in [-0.1, -0.05) is 51.0 Å². The van der Waals surface area contributed by atoms with Crippen LogP contribution in [0.25, 0.3) is 5.76 Å². The number of ether oxygens (including phenoxy) is 1. The van der Waals surface area contributed by atoms with E-state index in [1.807, 2.05) is 12.1 Å². The second-order valence-corrected chi connectivity index (χ2v) is 6.74. The Morgan fingerprint density at radius 2 is 1.64 bits per heavy atom. The first kappa shape index (κ1) is 18.4. The molecule has 0 amide bonds. The number of allylic oxidation sites excluding steroid dienone is 1. The van der Waals surface area contributed by atoms with Gasteiger partial charge in [0.25, 0.3) is 0 Å². The first-order valence-corrected chi connectivity index (χ1v) is 8.03. The molecule has 0 radical (unpaired) electrons. The molecule has 0 bridgehead atoms. The van der Waals surface area contributed by atoms with Gasteiger partial charge in [-0.2, -0.15) is 0 Å². The fraction of sp³-hybridized carbons (Fsp3) is 0.227. The lowest BCUT2D eigenvalue weighted by molar-refractivity contribution is 0.104. The van der Waals surface area contributed by atoms with Crippen molar-refractivity contribution in [3.63, 3.8) is 0 Å². The molecule has 0 aliphatic heterocycles. The molecule has 2 rings (SSSR count). The molecule has 2 aromatic carbocycles. The Kier molecular flexibility index (Phi) is 5.67. The molecule has 0 spiro atoms. The summed E-state index contributed by atoms with van der Waals surface area (Å²) in [6, 6.07) is 14.2. The summed E-state index contributed by atoms with van der Waals surface area (Å²) in [7, 11) is 0. The van der Waals surface area contributed by atoms with Crippen LogP contribution in [0.2, 0.25) is 0 Å². The van der Waals surface area contributed by atoms with Gasteiger partial charge in [-0.05, 0) is 35.2 Å². The smallest absolute Gasteiger partial charge is 0.189 e. The number of aliphatic hydroxyl groups is 1. The van der Waals surface area contributed by atoms with E-state index >= 15 is 0 Å². The van der Waals surface area contributed by atoms with Gasteiger partial charge in [0, 0.05) is 17.2 Å². The molecule has 0 heterocycles. The number of ketones is 1. The SMILES string of the molecule is C#CCOc1ccc(C(O)=CC(=O)c2ccc(C(C)(C)C)cc2)cc1. The van der Waals surface area contributed by atoms with Crippen LogP contribution < -0.4 is 4.74 Å². The lowest BCUT2D eigenvalue weighted by atomic mass is 9.86. The molecule has 0 aliphatic carbocycles. The summed E-state index contributed by atoms with van der Waals surface area (Å²) < 4.78 is 5.27. The van der Waals surface area contributed by atoms with Gasteiger partial charge in [0.1, 0.15) is 18.1 Å². The van der Waals surface area contributed by atoms with Gasteiger partial charge in [0.15, 0.2) is 5.78 Å². The van der Waals surface area contributed by atoms with Crippen molar-refractivity contribution < 1.29 is 14.6 Å².